The molecule has 3 aromatic rings. The van der Waals surface area contributed by atoms with Crippen LogP contribution in [0.3, 0.4) is 0 Å². The molecule has 1 unspecified atom stereocenters. The molecule has 1 aromatic carbocycles. The van der Waals surface area contributed by atoms with E-state index >= 15 is 0 Å². The second-order valence-corrected chi connectivity index (χ2v) is 10.2. The highest BCUT2D eigenvalue weighted by atomic mass is 16.3. The maximum absolute atomic E-state index is 13.8. The van der Waals surface area contributed by atoms with Crippen LogP contribution in [0.5, 0.6) is 0 Å². The molecule has 6 nitrogen and oxygen atoms in total. The molecule has 1 aliphatic heterocycles. The molecule has 2 amide bonds. The van der Waals surface area contributed by atoms with Crippen molar-refractivity contribution >= 4 is 22.9 Å². The summed E-state index contributed by atoms with van der Waals surface area (Å²) in [4.78, 5) is 29.4. The fourth-order valence-electron chi connectivity index (χ4n) is 5.66. The van der Waals surface area contributed by atoms with E-state index in [-0.39, 0.29) is 17.9 Å². The monoisotopic (exact) mass is 461 g/mol. The third kappa shape index (κ3) is 4.26. The topological polar surface area (TPSA) is 67.5 Å². The number of carbonyl (C=O) groups excluding carboxylic acids is 2. The van der Waals surface area contributed by atoms with Gasteiger partial charge in [-0.2, -0.15) is 0 Å². The Balaban J connectivity index is 1.43. The third-order valence-corrected chi connectivity index (χ3v) is 7.61. The van der Waals surface area contributed by atoms with E-state index < -0.39 is 5.54 Å². The lowest BCUT2D eigenvalue weighted by molar-refractivity contribution is -0.133. The standard InChI is InChI=1S/C28H35N3O3/c1-20-17-23-25(34-20)18-24-26(32)31(16-10-13-21-11-6-5-7-12-21)28(2,19-30(23)24)27(33)29-22-14-8-3-4-9-15-22/h5-7,11-12,17-18,22H,3-4,8-10,13-16,19H2,1-2H3,(H,29,33). The zero-order chi connectivity index (χ0) is 23.7. The van der Waals surface area contributed by atoms with Crippen LogP contribution >= 0.6 is 0 Å². The first-order valence-electron chi connectivity index (χ1n) is 12.7. The molecule has 1 atom stereocenters. The maximum atomic E-state index is 13.8. The van der Waals surface area contributed by atoms with Gasteiger partial charge < -0.3 is 19.2 Å². The van der Waals surface area contributed by atoms with E-state index in [0.717, 1.165) is 49.8 Å². The molecule has 180 valence electrons. The Hall–Kier alpha value is -3.02. The summed E-state index contributed by atoms with van der Waals surface area (Å²) in [5.41, 5.74) is 2.49. The van der Waals surface area contributed by atoms with Crippen molar-refractivity contribution in [2.75, 3.05) is 6.54 Å². The largest absolute Gasteiger partial charge is 0.460 e. The molecule has 0 saturated heterocycles. The predicted octanol–water partition coefficient (Wildman–Crippen LogP) is 5.23. The summed E-state index contributed by atoms with van der Waals surface area (Å²) in [5, 5.41) is 3.33. The van der Waals surface area contributed by atoms with Crippen molar-refractivity contribution in [2.24, 2.45) is 0 Å². The lowest BCUT2D eigenvalue weighted by Crippen LogP contribution is -2.65. The number of hydrogen-bond acceptors (Lipinski definition) is 3. The van der Waals surface area contributed by atoms with Crippen LogP contribution in [0, 0.1) is 6.92 Å². The highest BCUT2D eigenvalue weighted by Crippen LogP contribution is 2.34. The molecule has 1 fully saturated rings. The van der Waals surface area contributed by atoms with E-state index in [0.29, 0.717) is 24.4 Å². The zero-order valence-electron chi connectivity index (χ0n) is 20.3. The van der Waals surface area contributed by atoms with Gasteiger partial charge >= 0.3 is 0 Å². The number of carbonyl (C=O) groups is 2. The Kier molecular flexibility index (Phi) is 6.24. The van der Waals surface area contributed by atoms with Gasteiger partial charge in [-0.1, -0.05) is 56.0 Å². The van der Waals surface area contributed by atoms with Crippen LogP contribution in [-0.2, 0) is 17.8 Å². The highest BCUT2D eigenvalue weighted by Gasteiger charge is 2.48. The lowest BCUT2D eigenvalue weighted by Gasteiger charge is -2.44. The van der Waals surface area contributed by atoms with Crippen molar-refractivity contribution in [3.05, 3.63) is 59.5 Å². The minimum Gasteiger partial charge on any atom is -0.460 e. The SMILES string of the molecule is Cc1cc2c(cc3n2CC(C)(C(=O)NC2CCCCCC2)N(CCCc2ccccc2)C3=O)o1. The number of fused-ring (bicyclic) bond motifs is 3. The first-order valence-corrected chi connectivity index (χ1v) is 12.7. The molecule has 2 aromatic heterocycles. The van der Waals surface area contributed by atoms with E-state index in [1.54, 1.807) is 0 Å². The number of furan rings is 1. The second-order valence-electron chi connectivity index (χ2n) is 10.2. The minimum atomic E-state index is -0.954. The number of amides is 2. The molecule has 0 bridgehead atoms. The van der Waals surface area contributed by atoms with Crippen molar-refractivity contribution in [3.63, 3.8) is 0 Å². The van der Waals surface area contributed by atoms with Gasteiger partial charge in [-0.3, -0.25) is 9.59 Å². The summed E-state index contributed by atoms with van der Waals surface area (Å²) >= 11 is 0. The summed E-state index contributed by atoms with van der Waals surface area (Å²) in [6.45, 7) is 4.81. The van der Waals surface area contributed by atoms with Crippen molar-refractivity contribution in [2.45, 2.75) is 83.3 Å². The van der Waals surface area contributed by atoms with Crippen LogP contribution in [0.1, 0.15) is 73.7 Å². The van der Waals surface area contributed by atoms with Crippen LogP contribution in [0.25, 0.3) is 11.1 Å². The fraction of sp³-hybridized carbons (Fsp3) is 0.500. The molecular weight excluding hydrogens is 426 g/mol. The summed E-state index contributed by atoms with van der Waals surface area (Å²) in [6, 6.07) is 14.3. The Labute approximate surface area is 201 Å². The van der Waals surface area contributed by atoms with Gasteiger partial charge in [0.1, 0.15) is 17.0 Å². The maximum Gasteiger partial charge on any atom is 0.271 e. The third-order valence-electron chi connectivity index (χ3n) is 7.61. The highest BCUT2D eigenvalue weighted by molar-refractivity contribution is 6.03. The van der Waals surface area contributed by atoms with Crippen molar-refractivity contribution in [1.29, 1.82) is 0 Å². The van der Waals surface area contributed by atoms with Crippen LogP contribution in [-0.4, -0.2) is 39.4 Å². The lowest BCUT2D eigenvalue weighted by atomic mass is 9.93. The molecule has 2 aliphatic rings. The number of nitrogens with one attached hydrogen (secondary N) is 1. The number of hydrogen-bond donors (Lipinski definition) is 1. The smallest absolute Gasteiger partial charge is 0.271 e. The first-order chi connectivity index (χ1) is 16.5. The summed E-state index contributed by atoms with van der Waals surface area (Å²) in [7, 11) is 0. The van der Waals surface area contributed by atoms with Gasteiger partial charge in [0.25, 0.3) is 5.91 Å². The second kappa shape index (κ2) is 9.32. The Morgan fingerprint density at radius 3 is 2.59 bits per heavy atom. The van der Waals surface area contributed by atoms with E-state index in [9.17, 15) is 9.59 Å². The van der Waals surface area contributed by atoms with Gasteiger partial charge in [-0.25, -0.2) is 0 Å². The van der Waals surface area contributed by atoms with Gasteiger partial charge in [-0.15, -0.1) is 0 Å². The summed E-state index contributed by atoms with van der Waals surface area (Å²) in [6.07, 6.45) is 8.48. The van der Waals surface area contributed by atoms with Gasteiger partial charge in [0.05, 0.1) is 12.1 Å². The average Bonchev–Trinajstić information content (AvgIpc) is 3.22. The Morgan fingerprint density at radius 1 is 1.12 bits per heavy atom. The van der Waals surface area contributed by atoms with Crippen LogP contribution in [0.15, 0.2) is 46.9 Å². The number of benzene rings is 1. The van der Waals surface area contributed by atoms with Crippen molar-refractivity contribution in [3.8, 4) is 0 Å². The van der Waals surface area contributed by atoms with Crippen molar-refractivity contribution < 1.29 is 14.0 Å². The molecule has 1 saturated carbocycles. The van der Waals surface area contributed by atoms with Gasteiger partial charge in [0.15, 0.2) is 5.58 Å². The number of aryl methyl sites for hydroxylation is 2. The molecule has 0 spiro atoms. The average molecular weight is 462 g/mol. The van der Waals surface area contributed by atoms with E-state index in [1.807, 2.05) is 53.6 Å². The summed E-state index contributed by atoms with van der Waals surface area (Å²) < 4.78 is 7.80. The number of aromatic nitrogens is 1. The molecule has 34 heavy (non-hydrogen) atoms. The van der Waals surface area contributed by atoms with Crippen LogP contribution in [0.2, 0.25) is 0 Å². The Morgan fingerprint density at radius 2 is 1.85 bits per heavy atom. The van der Waals surface area contributed by atoms with Gasteiger partial charge in [0, 0.05) is 24.7 Å². The predicted molar refractivity (Wildman–Crippen MR) is 133 cm³/mol. The number of nitrogens with zero attached hydrogens (tertiary/aromatic N) is 2. The minimum absolute atomic E-state index is 0.0415. The molecule has 6 heteroatoms. The van der Waals surface area contributed by atoms with Crippen LogP contribution in [0.4, 0.5) is 0 Å². The normalized spacial score (nSPS) is 21.5. The zero-order valence-corrected chi connectivity index (χ0v) is 20.3. The summed E-state index contributed by atoms with van der Waals surface area (Å²) in [5.74, 6) is 0.671. The van der Waals surface area contributed by atoms with E-state index in [2.05, 4.69) is 17.4 Å². The fourth-order valence-corrected chi connectivity index (χ4v) is 5.66. The molecule has 5 rings (SSSR count). The molecule has 0 radical (unpaired) electrons. The van der Waals surface area contributed by atoms with Gasteiger partial charge in [-0.05, 0) is 45.1 Å². The van der Waals surface area contributed by atoms with Crippen LogP contribution < -0.4 is 5.32 Å². The first kappa shape index (κ1) is 22.8. The number of rotatable bonds is 6. The molecular formula is C28H35N3O3. The quantitative estimate of drug-likeness (QED) is 0.511. The van der Waals surface area contributed by atoms with Gasteiger partial charge in [0.2, 0.25) is 5.91 Å². The van der Waals surface area contributed by atoms with Crippen molar-refractivity contribution in [1.82, 2.24) is 14.8 Å². The van der Waals surface area contributed by atoms with E-state index in [1.165, 1.54) is 18.4 Å². The van der Waals surface area contributed by atoms with E-state index in [4.69, 9.17) is 4.42 Å². The molecule has 3 heterocycles. The Bertz CT molecular complexity index is 1170. The molecule has 1 N–H and O–H groups in total. The molecule has 1 aliphatic carbocycles.